The second-order valence-electron chi connectivity index (χ2n) is 6.71. The number of Topliss-reactive ketones (excluding diaryl/α,β-unsaturated/α-hetero) is 2. The number of methoxy groups -OCH3 is 3. The van der Waals surface area contributed by atoms with Crippen LogP contribution in [0.3, 0.4) is 0 Å². The van der Waals surface area contributed by atoms with Gasteiger partial charge in [-0.15, -0.1) is 0 Å². The Hall–Kier alpha value is -3.48. The molecule has 7 nitrogen and oxygen atoms in total. The Labute approximate surface area is 175 Å². The fourth-order valence-corrected chi connectivity index (χ4v) is 3.24. The predicted molar refractivity (Wildman–Crippen MR) is 114 cm³/mol. The van der Waals surface area contributed by atoms with E-state index in [1.807, 2.05) is 13.0 Å². The van der Waals surface area contributed by atoms with Crippen molar-refractivity contribution < 1.29 is 23.8 Å². The Kier molecular flexibility index (Phi) is 6.61. The molecule has 0 unspecified atom stereocenters. The molecule has 0 amide bonds. The van der Waals surface area contributed by atoms with Crippen molar-refractivity contribution in [1.29, 1.82) is 0 Å². The minimum atomic E-state index is -0.207. The first-order valence-electron chi connectivity index (χ1n) is 9.54. The van der Waals surface area contributed by atoms with Gasteiger partial charge in [-0.05, 0) is 37.3 Å². The van der Waals surface area contributed by atoms with Gasteiger partial charge in [0.2, 0.25) is 0 Å². The summed E-state index contributed by atoms with van der Waals surface area (Å²) < 4.78 is 15.8. The van der Waals surface area contributed by atoms with Crippen molar-refractivity contribution >= 4 is 22.9 Å². The molecular formula is C23H24N2O5. The van der Waals surface area contributed by atoms with Crippen molar-refractivity contribution in [3.05, 3.63) is 53.4 Å². The van der Waals surface area contributed by atoms with Crippen LogP contribution in [-0.4, -0.2) is 50.1 Å². The van der Waals surface area contributed by atoms with Crippen molar-refractivity contribution in [2.45, 2.75) is 19.8 Å². The topological polar surface area (TPSA) is 87.1 Å². The normalized spacial score (nSPS) is 12.8. The Morgan fingerprint density at radius 1 is 0.900 bits per heavy atom. The number of aliphatic imine (C=N–C) groups is 1. The van der Waals surface area contributed by atoms with E-state index in [1.54, 1.807) is 37.4 Å². The number of allylic oxidation sites excluding steroid dienone is 1. The molecule has 1 aromatic heterocycles. The Balaban J connectivity index is 1.74. The van der Waals surface area contributed by atoms with Crippen LogP contribution in [0.5, 0.6) is 17.2 Å². The molecule has 0 atom stereocenters. The molecule has 0 fully saturated rings. The highest BCUT2D eigenvalue weighted by atomic mass is 16.5. The van der Waals surface area contributed by atoms with Crippen LogP contribution in [0.4, 0.5) is 0 Å². The highest BCUT2D eigenvalue weighted by molar-refractivity contribution is 6.24. The summed E-state index contributed by atoms with van der Waals surface area (Å²) in [7, 11) is 4.60. The number of carbonyl (C=O) groups excluding carboxylic acids is 2. The third-order valence-corrected chi connectivity index (χ3v) is 4.92. The van der Waals surface area contributed by atoms with Crippen LogP contribution in [0.25, 0.3) is 5.57 Å². The van der Waals surface area contributed by atoms with Crippen molar-refractivity contribution in [3.8, 4) is 17.2 Å². The zero-order valence-electron chi connectivity index (χ0n) is 17.5. The number of hydrogen-bond acceptors (Lipinski definition) is 7. The molecule has 156 valence electrons. The maximum Gasteiger partial charge on any atom is 0.181 e. The molecular weight excluding hydrogens is 384 g/mol. The maximum atomic E-state index is 12.7. The van der Waals surface area contributed by atoms with Crippen molar-refractivity contribution in [3.63, 3.8) is 0 Å². The zero-order valence-corrected chi connectivity index (χ0v) is 17.5. The summed E-state index contributed by atoms with van der Waals surface area (Å²) in [5.74, 6) is 1.23. The molecule has 3 rings (SSSR count). The summed E-state index contributed by atoms with van der Waals surface area (Å²) in [5.41, 5.74) is 3.07. The lowest BCUT2D eigenvalue weighted by Gasteiger charge is -2.11. The number of benzene rings is 1. The molecule has 0 aliphatic carbocycles. The van der Waals surface area contributed by atoms with Crippen LogP contribution in [0.15, 0.2) is 41.4 Å². The van der Waals surface area contributed by atoms with Crippen LogP contribution >= 0.6 is 0 Å². The number of nitrogens with zero attached hydrogens (tertiary/aromatic N) is 2. The summed E-state index contributed by atoms with van der Waals surface area (Å²) in [5, 5.41) is 0. The molecule has 0 radical (unpaired) electrons. The first-order valence-corrected chi connectivity index (χ1v) is 9.54. The SMILES string of the molecule is COc1ccc(C(=O)CCC(=O)c2ccc(OC)c(C3=CCN=C3C)n2)cc1OC. The summed E-state index contributed by atoms with van der Waals surface area (Å²) >= 11 is 0. The van der Waals surface area contributed by atoms with Gasteiger partial charge in [0, 0.05) is 29.7 Å². The highest BCUT2D eigenvalue weighted by Gasteiger charge is 2.20. The Morgan fingerprint density at radius 2 is 1.57 bits per heavy atom. The summed E-state index contributed by atoms with van der Waals surface area (Å²) in [6.45, 7) is 2.49. The van der Waals surface area contributed by atoms with E-state index in [4.69, 9.17) is 14.2 Å². The van der Waals surface area contributed by atoms with Gasteiger partial charge in [0.05, 0.1) is 27.9 Å². The van der Waals surface area contributed by atoms with Crippen LogP contribution < -0.4 is 14.2 Å². The molecule has 0 N–H and O–H groups in total. The minimum absolute atomic E-state index is 0.0536. The van der Waals surface area contributed by atoms with Gasteiger partial charge in [-0.2, -0.15) is 0 Å². The van der Waals surface area contributed by atoms with Crippen molar-refractivity contribution in [1.82, 2.24) is 4.98 Å². The van der Waals surface area contributed by atoms with E-state index in [1.165, 1.54) is 14.2 Å². The van der Waals surface area contributed by atoms with E-state index >= 15 is 0 Å². The average molecular weight is 408 g/mol. The lowest BCUT2D eigenvalue weighted by atomic mass is 10.0. The quantitative estimate of drug-likeness (QED) is 0.587. The van der Waals surface area contributed by atoms with Gasteiger partial charge in [-0.3, -0.25) is 14.6 Å². The predicted octanol–water partition coefficient (Wildman–Crippen LogP) is 3.81. The summed E-state index contributed by atoms with van der Waals surface area (Å²) in [4.78, 5) is 34.1. The molecule has 1 aliphatic rings. The second kappa shape index (κ2) is 9.35. The molecule has 30 heavy (non-hydrogen) atoms. The lowest BCUT2D eigenvalue weighted by molar-refractivity contribution is 0.0914. The first-order chi connectivity index (χ1) is 14.5. The summed E-state index contributed by atoms with van der Waals surface area (Å²) in [6, 6.07) is 8.28. The van der Waals surface area contributed by atoms with E-state index in [-0.39, 0.29) is 24.4 Å². The number of ether oxygens (including phenoxy) is 3. The van der Waals surface area contributed by atoms with Crippen LogP contribution in [0.1, 0.15) is 46.3 Å². The van der Waals surface area contributed by atoms with Crippen LogP contribution in [0.2, 0.25) is 0 Å². The monoisotopic (exact) mass is 408 g/mol. The molecule has 7 heteroatoms. The van der Waals surface area contributed by atoms with Gasteiger partial charge >= 0.3 is 0 Å². The Bertz CT molecular complexity index is 1040. The molecule has 0 bridgehead atoms. The zero-order chi connectivity index (χ0) is 21.7. The largest absolute Gasteiger partial charge is 0.494 e. The van der Waals surface area contributed by atoms with Crippen molar-refractivity contribution in [2.75, 3.05) is 27.9 Å². The standard InChI is InChI=1S/C23H24N2O5/c1-14-16(11-12-24-14)23-21(29-3)10-6-17(25-23)19(27)8-7-18(26)15-5-9-20(28-2)22(13-15)30-4/h5-6,9-11,13H,7-8,12H2,1-4H3. The number of hydrogen-bond donors (Lipinski definition) is 0. The number of pyridine rings is 1. The number of aromatic nitrogens is 1. The Morgan fingerprint density at radius 3 is 2.20 bits per heavy atom. The van der Waals surface area contributed by atoms with E-state index in [2.05, 4.69) is 9.98 Å². The lowest BCUT2D eigenvalue weighted by Crippen LogP contribution is -2.09. The molecule has 0 spiro atoms. The van der Waals surface area contributed by atoms with E-state index < -0.39 is 0 Å². The maximum absolute atomic E-state index is 12.7. The van der Waals surface area contributed by atoms with Gasteiger partial charge in [-0.1, -0.05) is 6.08 Å². The highest BCUT2D eigenvalue weighted by Crippen LogP contribution is 2.29. The van der Waals surface area contributed by atoms with Crippen LogP contribution in [-0.2, 0) is 0 Å². The van der Waals surface area contributed by atoms with Gasteiger partial charge in [0.1, 0.15) is 17.1 Å². The number of carbonyl (C=O) groups is 2. The minimum Gasteiger partial charge on any atom is -0.494 e. The second-order valence-corrected chi connectivity index (χ2v) is 6.71. The fraction of sp³-hybridized carbons (Fsp3) is 0.304. The number of ketones is 2. The first kappa shape index (κ1) is 21.2. The molecule has 0 saturated heterocycles. The average Bonchev–Trinajstić information content (AvgIpc) is 3.21. The van der Waals surface area contributed by atoms with Gasteiger partial charge < -0.3 is 14.2 Å². The number of rotatable bonds is 9. The third kappa shape index (κ3) is 4.40. The van der Waals surface area contributed by atoms with Gasteiger partial charge in [0.15, 0.2) is 23.1 Å². The molecule has 2 aromatic rings. The van der Waals surface area contributed by atoms with Crippen LogP contribution in [0, 0.1) is 0 Å². The summed E-state index contributed by atoms with van der Waals surface area (Å²) in [6.07, 6.45) is 2.08. The smallest absolute Gasteiger partial charge is 0.181 e. The van der Waals surface area contributed by atoms with Gasteiger partial charge in [0.25, 0.3) is 0 Å². The van der Waals surface area contributed by atoms with E-state index in [0.717, 1.165) is 11.3 Å². The molecule has 2 heterocycles. The molecule has 1 aromatic carbocycles. The third-order valence-electron chi connectivity index (χ3n) is 4.92. The van der Waals surface area contributed by atoms with E-state index in [9.17, 15) is 9.59 Å². The fourth-order valence-electron chi connectivity index (χ4n) is 3.24. The van der Waals surface area contributed by atoms with Crippen molar-refractivity contribution in [2.24, 2.45) is 4.99 Å². The molecule has 0 saturated carbocycles. The molecule has 1 aliphatic heterocycles. The van der Waals surface area contributed by atoms with E-state index in [0.29, 0.717) is 40.7 Å². The van der Waals surface area contributed by atoms with Gasteiger partial charge in [-0.25, -0.2) is 4.98 Å².